The Morgan fingerprint density at radius 3 is 2.34 bits per heavy atom. The van der Waals surface area contributed by atoms with E-state index in [0.29, 0.717) is 6.54 Å². The third-order valence-corrected chi connectivity index (χ3v) is 5.76. The SMILES string of the molecule is C=CCCCCCN(C)C(=NC)NCc1ccc(CS(=O)(=O)NC(C)C)cc1.I. The number of hydrogen-bond donors (Lipinski definition) is 2. The van der Waals surface area contributed by atoms with Crippen LogP contribution in [-0.4, -0.2) is 46.0 Å². The third-order valence-electron chi connectivity index (χ3n) is 4.22. The molecule has 0 spiro atoms. The lowest BCUT2D eigenvalue weighted by atomic mass is 10.1. The smallest absolute Gasteiger partial charge is 0.216 e. The Morgan fingerprint density at radius 1 is 1.17 bits per heavy atom. The first kappa shape index (κ1) is 27.9. The van der Waals surface area contributed by atoms with Crippen LogP contribution < -0.4 is 10.0 Å². The average Bonchev–Trinajstić information content (AvgIpc) is 2.62. The van der Waals surface area contributed by atoms with E-state index < -0.39 is 10.0 Å². The number of aliphatic imine (C=N–C) groups is 1. The average molecular weight is 537 g/mol. The highest BCUT2D eigenvalue weighted by molar-refractivity contribution is 14.0. The maximum atomic E-state index is 12.0. The van der Waals surface area contributed by atoms with Crippen LogP contribution in [0.1, 0.15) is 50.7 Å². The van der Waals surface area contributed by atoms with Crippen LogP contribution in [0.5, 0.6) is 0 Å². The van der Waals surface area contributed by atoms with Crippen molar-refractivity contribution in [3.05, 3.63) is 48.0 Å². The van der Waals surface area contributed by atoms with Crippen LogP contribution in [0, 0.1) is 0 Å². The number of halogens is 1. The lowest BCUT2D eigenvalue weighted by Gasteiger charge is -2.22. The molecule has 0 unspecified atom stereocenters. The molecule has 8 heteroatoms. The van der Waals surface area contributed by atoms with Crippen molar-refractivity contribution in [3.63, 3.8) is 0 Å². The molecule has 166 valence electrons. The Hall–Kier alpha value is -1.13. The fourth-order valence-electron chi connectivity index (χ4n) is 2.86. The van der Waals surface area contributed by atoms with Crippen LogP contribution in [0.4, 0.5) is 0 Å². The zero-order valence-electron chi connectivity index (χ0n) is 18.1. The standard InChI is InChI=1S/C21H36N4O2S.HI/c1-6-7-8-9-10-15-25(5)21(22-4)23-16-19-11-13-20(14-12-19)17-28(26,27)24-18(2)3;/h6,11-14,18,24H,1,7-10,15-17H2,2-5H3,(H,22,23);1H. The summed E-state index contributed by atoms with van der Waals surface area (Å²) in [5.74, 6) is 0.853. The molecule has 0 amide bonds. The molecule has 0 aliphatic heterocycles. The van der Waals surface area contributed by atoms with Crippen LogP contribution >= 0.6 is 24.0 Å². The largest absolute Gasteiger partial charge is 0.352 e. The van der Waals surface area contributed by atoms with E-state index in [-0.39, 0.29) is 35.8 Å². The maximum absolute atomic E-state index is 12.0. The molecule has 6 nitrogen and oxygen atoms in total. The number of nitrogens with one attached hydrogen (secondary N) is 2. The zero-order valence-corrected chi connectivity index (χ0v) is 21.3. The molecule has 0 radical (unpaired) electrons. The van der Waals surface area contributed by atoms with Crippen LogP contribution in [0.3, 0.4) is 0 Å². The van der Waals surface area contributed by atoms with Gasteiger partial charge in [-0.1, -0.05) is 36.8 Å². The van der Waals surface area contributed by atoms with Gasteiger partial charge in [-0.15, -0.1) is 30.6 Å². The fraction of sp³-hybridized carbons (Fsp3) is 0.571. The molecule has 0 fully saturated rings. The van der Waals surface area contributed by atoms with Gasteiger partial charge in [0.25, 0.3) is 0 Å². The highest BCUT2D eigenvalue weighted by Crippen LogP contribution is 2.09. The molecule has 0 heterocycles. The molecule has 0 aliphatic rings. The van der Waals surface area contributed by atoms with Gasteiger partial charge in [0.2, 0.25) is 10.0 Å². The third kappa shape index (κ3) is 12.2. The molecule has 0 aliphatic carbocycles. The molecule has 0 bridgehead atoms. The van der Waals surface area contributed by atoms with Crippen molar-refractivity contribution in [2.75, 3.05) is 20.6 Å². The summed E-state index contributed by atoms with van der Waals surface area (Å²) in [5.41, 5.74) is 1.86. The second-order valence-electron chi connectivity index (χ2n) is 7.31. The molecule has 2 N–H and O–H groups in total. The molecule has 0 saturated heterocycles. The van der Waals surface area contributed by atoms with Crippen molar-refractivity contribution in [2.45, 2.75) is 57.9 Å². The van der Waals surface area contributed by atoms with E-state index in [0.717, 1.165) is 36.5 Å². The van der Waals surface area contributed by atoms with E-state index in [1.165, 1.54) is 12.8 Å². The summed E-state index contributed by atoms with van der Waals surface area (Å²) in [6, 6.07) is 7.54. The number of allylic oxidation sites excluding steroid dienone is 1. The van der Waals surface area contributed by atoms with Gasteiger partial charge in [-0.2, -0.15) is 0 Å². The number of nitrogens with zero attached hydrogens (tertiary/aromatic N) is 2. The predicted octanol–water partition coefficient (Wildman–Crippen LogP) is 3.89. The van der Waals surface area contributed by atoms with Gasteiger partial charge >= 0.3 is 0 Å². The van der Waals surface area contributed by atoms with Gasteiger partial charge in [-0.05, 0) is 44.2 Å². The zero-order chi connectivity index (χ0) is 21.0. The van der Waals surface area contributed by atoms with Crippen molar-refractivity contribution in [1.82, 2.24) is 14.9 Å². The summed E-state index contributed by atoms with van der Waals surface area (Å²) in [7, 11) is 0.525. The highest BCUT2D eigenvalue weighted by atomic mass is 127. The van der Waals surface area contributed by atoms with E-state index in [4.69, 9.17) is 0 Å². The molecule has 1 aromatic carbocycles. The predicted molar refractivity (Wildman–Crippen MR) is 134 cm³/mol. The number of sulfonamides is 1. The first-order valence-electron chi connectivity index (χ1n) is 9.88. The van der Waals surface area contributed by atoms with E-state index >= 15 is 0 Å². The Bertz CT molecular complexity index is 719. The summed E-state index contributed by atoms with van der Waals surface area (Å²) < 4.78 is 26.6. The van der Waals surface area contributed by atoms with Crippen molar-refractivity contribution in [2.24, 2.45) is 4.99 Å². The normalized spacial score (nSPS) is 11.8. The van der Waals surface area contributed by atoms with E-state index in [9.17, 15) is 8.42 Å². The second-order valence-corrected chi connectivity index (χ2v) is 9.06. The summed E-state index contributed by atoms with van der Waals surface area (Å²) >= 11 is 0. The number of hydrogen-bond acceptors (Lipinski definition) is 3. The number of unbranched alkanes of at least 4 members (excludes halogenated alkanes) is 3. The van der Waals surface area contributed by atoms with Crippen molar-refractivity contribution in [3.8, 4) is 0 Å². The number of guanidine groups is 1. The molecule has 0 saturated carbocycles. The van der Waals surface area contributed by atoms with Gasteiger partial charge < -0.3 is 10.2 Å². The van der Waals surface area contributed by atoms with Crippen LogP contribution in [0.25, 0.3) is 0 Å². The van der Waals surface area contributed by atoms with E-state index in [2.05, 4.69) is 26.5 Å². The van der Waals surface area contributed by atoms with E-state index in [1.807, 2.05) is 51.2 Å². The first-order chi connectivity index (χ1) is 13.3. The Balaban J connectivity index is 0.00000784. The Labute approximate surface area is 194 Å². The Kier molecular flexibility index (Phi) is 14.2. The van der Waals surface area contributed by atoms with Gasteiger partial charge in [0.05, 0.1) is 5.75 Å². The monoisotopic (exact) mass is 536 g/mol. The summed E-state index contributed by atoms with van der Waals surface area (Å²) in [6.07, 6.45) is 6.52. The van der Waals surface area contributed by atoms with Gasteiger partial charge in [-0.3, -0.25) is 4.99 Å². The van der Waals surface area contributed by atoms with Crippen LogP contribution in [0.15, 0.2) is 41.9 Å². The molecule has 29 heavy (non-hydrogen) atoms. The van der Waals surface area contributed by atoms with Gasteiger partial charge in [0.15, 0.2) is 5.96 Å². The quantitative estimate of drug-likeness (QED) is 0.140. The van der Waals surface area contributed by atoms with Crippen LogP contribution in [0.2, 0.25) is 0 Å². The molecule has 1 rings (SSSR count). The van der Waals surface area contributed by atoms with E-state index in [1.54, 1.807) is 7.05 Å². The molecule has 1 aromatic rings. The van der Waals surface area contributed by atoms with Crippen molar-refractivity contribution < 1.29 is 8.42 Å². The maximum Gasteiger partial charge on any atom is 0.216 e. The lowest BCUT2D eigenvalue weighted by molar-refractivity contribution is 0.455. The molecular formula is C21H37IN4O2S. The molecule has 0 aromatic heterocycles. The van der Waals surface area contributed by atoms with Crippen molar-refractivity contribution in [1.29, 1.82) is 0 Å². The summed E-state index contributed by atoms with van der Waals surface area (Å²) in [4.78, 5) is 6.47. The topological polar surface area (TPSA) is 73.8 Å². The molecular weight excluding hydrogens is 499 g/mol. The second kappa shape index (κ2) is 14.8. The number of rotatable bonds is 12. The lowest BCUT2D eigenvalue weighted by Crippen LogP contribution is -2.39. The molecule has 0 atom stereocenters. The van der Waals surface area contributed by atoms with Gasteiger partial charge in [0, 0.05) is 33.2 Å². The highest BCUT2D eigenvalue weighted by Gasteiger charge is 2.13. The fourth-order valence-corrected chi connectivity index (χ4v) is 4.29. The van der Waals surface area contributed by atoms with Gasteiger partial charge in [0.1, 0.15) is 0 Å². The minimum absolute atomic E-state index is 0. The first-order valence-corrected chi connectivity index (χ1v) is 11.5. The summed E-state index contributed by atoms with van der Waals surface area (Å²) in [6.45, 7) is 8.98. The Morgan fingerprint density at radius 2 is 1.79 bits per heavy atom. The van der Waals surface area contributed by atoms with Gasteiger partial charge in [-0.25, -0.2) is 13.1 Å². The van der Waals surface area contributed by atoms with Crippen molar-refractivity contribution >= 4 is 40.0 Å². The van der Waals surface area contributed by atoms with Crippen LogP contribution in [-0.2, 0) is 22.3 Å². The summed E-state index contributed by atoms with van der Waals surface area (Å²) in [5, 5.41) is 3.36. The minimum Gasteiger partial charge on any atom is -0.352 e. The number of benzene rings is 1. The minimum atomic E-state index is -3.30.